The molecular weight excluding hydrogens is 358 g/mol. The van der Waals surface area contributed by atoms with Crippen LogP contribution in [-0.2, 0) is 9.59 Å². The molecule has 1 saturated heterocycles. The Morgan fingerprint density at radius 3 is 2.60 bits per heavy atom. The van der Waals surface area contributed by atoms with E-state index in [0.717, 1.165) is 5.56 Å². The third-order valence-corrected chi connectivity index (χ3v) is 4.20. The molecule has 2 amide bonds. The summed E-state index contributed by atoms with van der Waals surface area (Å²) in [5.41, 5.74) is 2.25. The van der Waals surface area contributed by atoms with Crippen molar-refractivity contribution >= 4 is 58.3 Å². The summed E-state index contributed by atoms with van der Waals surface area (Å²) < 4.78 is 0. The maximum atomic E-state index is 12.8. The summed E-state index contributed by atoms with van der Waals surface area (Å²) in [5, 5.41) is 3.13. The summed E-state index contributed by atoms with van der Waals surface area (Å²) in [6.45, 7) is 1.94. The molecule has 0 unspecified atom stereocenters. The SMILES string of the molecule is Cc1cccc(N=C[C@@H]2C(=O)NC(=S)N(c3ccc(Cl)cc3)C2=O)c1. The Kier molecular flexibility index (Phi) is 4.92. The van der Waals surface area contributed by atoms with Crippen molar-refractivity contribution in [2.75, 3.05) is 4.90 Å². The van der Waals surface area contributed by atoms with E-state index >= 15 is 0 Å². The van der Waals surface area contributed by atoms with Crippen LogP contribution in [0.2, 0.25) is 5.02 Å². The fraction of sp³-hybridized carbons (Fsp3) is 0.111. The van der Waals surface area contributed by atoms with Gasteiger partial charge in [0.2, 0.25) is 5.91 Å². The van der Waals surface area contributed by atoms with Gasteiger partial charge in [-0.2, -0.15) is 0 Å². The first-order valence-electron chi connectivity index (χ1n) is 7.51. The zero-order valence-electron chi connectivity index (χ0n) is 13.3. The van der Waals surface area contributed by atoms with Gasteiger partial charge >= 0.3 is 0 Å². The Morgan fingerprint density at radius 1 is 1.20 bits per heavy atom. The molecule has 25 heavy (non-hydrogen) atoms. The Balaban J connectivity index is 1.89. The van der Waals surface area contributed by atoms with E-state index in [4.69, 9.17) is 23.8 Å². The number of benzene rings is 2. The average Bonchev–Trinajstić information content (AvgIpc) is 2.56. The number of nitrogens with zero attached hydrogens (tertiary/aromatic N) is 2. The minimum atomic E-state index is -1.05. The van der Waals surface area contributed by atoms with E-state index in [-0.39, 0.29) is 5.11 Å². The number of aryl methyl sites for hydroxylation is 1. The number of halogens is 1. The Bertz CT molecular complexity index is 880. The first kappa shape index (κ1) is 17.3. The minimum absolute atomic E-state index is 0.0394. The number of carbonyl (C=O) groups excluding carboxylic acids is 2. The molecule has 2 aromatic rings. The van der Waals surface area contributed by atoms with E-state index < -0.39 is 17.7 Å². The lowest BCUT2D eigenvalue weighted by molar-refractivity contribution is -0.130. The largest absolute Gasteiger partial charge is 0.301 e. The van der Waals surface area contributed by atoms with Crippen LogP contribution >= 0.6 is 23.8 Å². The van der Waals surface area contributed by atoms with Gasteiger partial charge in [-0.15, -0.1) is 0 Å². The summed E-state index contributed by atoms with van der Waals surface area (Å²) in [5.74, 6) is -1.99. The van der Waals surface area contributed by atoms with Crippen LogP contribution in [0.3, 0.4) is 0 Å². The third kappa shape index (κ3) is 3.75. The van der Waals surface area contributed by atoms with Gasteiger partial charge in [0.05, 0.1) is 11.4 Å². The standard InChI is InChI=1S/C18H14ClN3O2S/c1-11-3-2-4-13(9-11)20-10-15-16(23)21-18(25)22(17(15)24)14-7-5-12(19)6-8-14/h2-10,15H,1H3,(H,21,23,25)/t15-/m1/s1. The van der Waals surface area contributed by atoms with E-state index in [1.807, 2.05) is 25.1 Å². The van der Waals surface area contributed by atoms with Crippen LogP contribution in [-0.4, -0.2) is 23.1 Å². The van der Waals surface area contributed by atoms with E-state index in [9.17, 15) is 9.59 Å². The lowest BCUT2D eigenvalue weighted by Gasteiger charge is -2.30. The number of hydrogen-bond donors (Lipinski definition) is 1. The quantitative estimate of drug-likeness (QED) is 0.511. The molecule has 0 spiro atoms. The van der Waals surface area contributed by atoms with Gasteiger partial charge in [0, 0.05) is 11.2 Å². The highest BCUT2D eigenvalue weighted by atomic mass is 35.5. The molecule has 0 aromatic heterocycles. The minimum Gasteiger partial charge on any atom is -0.301 e. The monoisotopic (exact) mass is 371 g/mol. The zero-order chi connectivity index (χ0) is 18.0. The highest BCUT2D eigenvalue weighted by molar-refractivity contribution is 7.80. The van der Waals surface area contributed by atoms with Gasteiger partial charge in [0.1, 0.15) is 0 Å². The number of anilines is 1. The molecule has 0 aliphatic carbocycles. The molecule has 5 nitrogen and oxygen atoms in total. The Hall–Kier alpha value is -2.57. The number of amides is 2. The second-order valence-corrected chi connectivity index (χ2v) is 6.36. The Labute approximate surface area is 155 Å². The number of carbonyl (C=O) groups is 2. The second-order valence-electron chi connectivity index (χ2n) is 5.54. The number of aliphatic imine (C=N–C) groups is 1. The van der Waals surface area contributed by atoms with Crippen LogP contribution in [0.1, 0.15) is 5.56 Å². The second kappa shape index (κ2) is 7.13. The predicted molar refractivity (Wildman–Crippen MR) is 102 cm³/mol. The molecule has 1 N–H and O–H groups in total. The van der Waals surface area contributed by atoms with Crippen LogP contribution in [0, 0.1) is 12.8 Å². The molecule has 1 aliphatic rings. The Morgan fingerprint density at radius 2 is 1.92 bits per heavy atom. The number of nitrogens with one attached hydrogen (secondary N) is 1. The van der Waals surface area contributed by atoms with E-state index in [1.54, 1.807) is 30.3 Å². The first-order valence-corrected chi connectivity index (χ1v) is 8.29. The molecule has 1 atom stereocenters. The maximum Gasteiger partial charge on any atom is 0.251 e. The van der Waals surface area contributed by atoms with Crippen molar-refractivity contribution in [1.29, 1.82) is 0 Å². The highest BCUT2D eigenvalue weighted by Crippen LogP contribution is 2.23. The number of rotatable bonds is 3. The third-order valence-electron chi connectivity index (χ3n) is 3.66. The van der Waals surface area contributed by atoms with Crippen LogP contribution in [0.15, 0.2) is 53.5 Å². The molecule has 126 valence electrons. The van der Waals surface area contributed by atoms with E-state index in [0.29, 0.717) is 16.4 Å². The van der Waals surface area contributed by atoms with Crippen LogP contribution < -0.4 is 10.2 Å². The van der Waals surface area contributed by atoms with Gasteiger partial charge in [0.25, 0.3) is 5.91 Å². The molecule has 0 bridgehead atoms. The van der Waals surface area contributed by atoms with E-state index in [1.165, 1.54) is 11.1 Å². The first-order chi connectivity index (χ1) is 12.0. The van der Waals surface area contributed by atoms with Crippen molar-refractivity contribution in [2.24, 2.45) is 10.9 Å². The molecule has 0 saturated carbocycles. The molecule has 1 fully saturated rings. The van der Waals surface area contributed by atoms with Crippen molar-refractivity contribution in [3.63, 3.8) is 0 Å². The molecule has 1 aliphatic heterocycles. The normalized spacial score (nSPS) is 17.9. The number of hydrogen-bond acceptors (Lipinski definition) is 4. The fourth-order valence-electron chi connectivity index (χ4n) is 2.43. The molecule has 2 aromatic carbocycles. The van der Waals surface area contributed by atoms with Crippen molar-refractivity contribution in [2.45, 2.75) is 6.92 Å². The van der Waals surface area contributed by atoms with Gasteiger partial charge in [-0.25, -0.2) is 0 Å². The lowest BCUT2D eigenvalue weighted by Crippen LogP contribution is -2.58. The average molecular weight is 372 g/mol. The van der Waals surface area contributed by atoms with Gasteiger partial charge in [-0.05, 0) is 61.1 Å². The van der Waals surface area contributed by atoms with E-state index in [2.05, 4.69) is 10.3 Å². The van der Waals surface area contributed by atoms with Gasteiger partial charge in [-0.3, -0.25) is 19.5 Å². The zero-order valence-corrected chi connectivity index (χ0v) is 14.8. The molecular formula is C18H14ClN3O2S. The molecule has 7 heteroatoms. The smallest absolute Gasteiger partial charge is 0.251 e. The topological polar surface area (TPSA) is 61.8 Å². The maximum absolute atomic E-state index is 12.8. The summed E-state index contributed by atoms with van der Waals surface area (Å²) in [4.78, 5) is 30.5. The van der Waals surface area contributed by atoms with Crippen molar-refractivity contribution < 1.29 is 9.59 Å². The number of thiocarbonyl (C=S) groups is 1. The fourth-order valence-corrected chi connectivity index (χ4v) is 2.85. The molecule has 0 radical (unpaired) electrons. The van der Waals surface area contributed by atoms with Gasteiger partial charge in [-0.1, -0.05) is 23.7 Å². The predicted octanol–water partition coefficient (Wildman–Crippen LogP) is 3.41. The summed E-state index contributed by atoms with van der Waals surface area (Å²) in [6, 6.07) is 14.1. The molecule has 1 heterocycles. The highest BCUT2D eigenvalue weighted by Gasteiger charge is 2.38. The van der Waals surface area contributed by atoms with Gasteiger partial charge in [0.15, 0.2) is 11.0 Å². The van der Waals surface area contributed by atoms with Crippen molar-refractivity contribution in [3.8, 4) is 0 Å². The van der Waals surface area contributed by atoms with Crippen LogP contribution in [0.4, 0.5) is 11.4 Å². The van der Waals surface area contributed by atoms with Crippen molar-refractivity contribution in [1.82, 2.24) is 5.32 Å². The van der Waals surface area contributed by atoms with Crippen molar-refractivity contribution in [3.05, 3.63) is 59.1 Å². The summed E-state index contributed by atoms with van der Waals surface area (Å²) in [7, 11) is 0. The van der Waals surface area contributed by atoms with Crippen LogP contribution in [0.25, 0.3) is 0 Å². The summed E-state index contributed by atoms with van der Waals surface area (Å²) >= 11 is 11.0. The molecule has 3 rings (SSSR count). The summed E-state index contributed by atoms with van der Waals surface area (Å²) in [6.07, 6.45) is 1.34. The van der Waals surface area contributed by atoms with Crippen LogP contribution in [0.5, 0.6) is 0 Å². The van der Waals surface area contributed by atoms with Gasteiger partial charge < -0.3 is 5.32 Å². The lowest BCUT2D eigenvalue weighted by atomic mass is 10.1.